The van der Waals surface area contributed by atoms with Crippen LogP contribution in [-0.4, -0.2) is 19.9 Å². The Morgan fingerprint density at radius 1 is 1.47 bits per heavy atom. The average Bonchev–Trinajstić information content (AvgIpc) is 2.68. The molecule has 0 spiro atoms. The molecule has 1 aromatic carbocycles. The second-order valence-corrected chi connectivity index (χ2v) is 4.88. The van der Waals surface area contributed by atoms with Crippen LogP contribution in [0.25, 0.3) is 0 Å². The van der Waals surface area contributed by atoms with Crippen molar-refractivity contribution in [2.45, 2.75) is 19.4 Å². The first-order valence-corrected chi connectivity index (χ1v) is 6.14. The molecule has 0 amide bonds. The molecule has 0 aliphatic rings. The van der Waals surface area contributed by atoms with Crippen molar-refractivity contribution in [2.75, 3.05) is 0 Å². The molecular formula is C12H14BrN3O. The van der Waals surface area contributed by atoms with Crippen molar-refractivity contribution in [1.29, 1.82) is 0 Å². The zero-order valence-electron chi connectivity index (χ0n) is 9.76. The predicted molar refractivity (Wildman–Crippen MR) is 68.5 cm³/mol. The third-order valence-electron chi connectivity index (χ3n) is 2.75. The van der Waals surface area contributed by atoms with Crippen molar-refractivity contribution < 1.29 is 5.11 Å². The van der Waals surface area contributed by atoms with E-state index in [2.05, 4.69) is 26.0 Å². The standard InChI is InChI=1S/C12H14BrN3O/c1-8-5-9(3-4-10(8)13)11(17)6-12-14-7-15-16(12)2/h3-5,7,11,17H,6H2,1-2H3. The van der Waals surface area contributed by atoms with Gasteiger partial charge in [0.2, 0.25) is 0 Å². The topological polar surface area (TPSA) is 50.9 Å². The molecule has 90 valence electrons. The van der Waals surface area contributed by atoms with Crippen molar-refractivity contribution in [3.05, 3.63) is 46.0 Å². The van der Waals surface area contributed by atoms with Crippen molar-refractivity contribution in [3.63, 3.8) is 0 Å². The first-order valence-electron chi connectivity index (χ1n) is 5.35. The Bertz CT molecular complexity index is 524. The Kier molecular flexibility index (Phi) is 3.59. The summed E-state index contributed by atoms with van der Waals surface area (Å²) in [4.78, 5) is 4.10. The Labute approximate surface area is 108 Å². The number of rotatable bonds is 3. The molecule has 0 aliphatic carbocycles. The van der Waals surface area contributed by atoms with Gasteiger partial charge in [-0.1, -0.05) is 28.1 Å². The number of aryl methyl sites for hydroxylation is 2. The Morgan fingerprint density at radius 3 is 2.82 bits per heavy atom. The first-order chi connectivity index (χ1) is 8.08. The molecule has 0 bridgehead atoms. The van der Waals surface area contributed by atoms with Crippen LogP contribution < -0.4 is 0 Å². The number of hydrogen-bond acceptors (Lipinski definition) is 3. The Balaban J connectivity index is 2.17. The molecule has 0 radical (unpaired) electrons. The lowest BCUT2D eigenvalue weighted by molar-refractivity contribution is 0.174. The van der Waals surface area contributed by atoms with E-state index in [0.717, 1.165) is 21.4 Å². The van der Waals surface area contributed by atoms with Crippen molar-refractivity contribution in [1.82, 2.24) is 14.8 Å². The van der Waals surface area contributed by atoms with Crippen LogP contribution in [0.1, 0.15) is 23.1 Å². The van der Waals surface area contributed by atoms with E-state index in [1.54, 1.807) is 4.68 Å². The highest BCUT2D eigenvalue weighted by Crippen LogP contribution is 2.23. The summed E-state index contributed by atoms with van der Waals surface area (Å²) in [5.74, 6) is 0.776. The first kappa shape index (κ1) is 12.3. The van der Waals surface area contributed by atoms with E-state index in [-0.39, 0.29) is 0 Å². The van der Waals surface area contributed by atoms with Crippen LogP contribution in [0.5, 0.6) is 0 Å². The average molecular weight is 296 g/mol. The van der Waals surface area contributed by atoms with Gasteiger partial charge in [0.25, 0.3) is 0 Å². The summed E-state index contributed by atoms with van der Waals surface area (Å²) in [6.07, 6.45) is 1.41. The van der Waals surface area contributed by atoms with Crippen LogP contribution in [0, 0.1) is 6.92 Å². The molecule has 1 unspecified atom stereocenters. The number of halogens is 1. The zero-order chi connectivity index (χ0) is 12.4. The molecule has 0 saturated heterocycles. The molecule has 2 rings (SSSR count). The van der Waals surface area contributed by atoms with Crippen LogP contribution in [0.3, 0.4) is 0 Å². The largest absolute Gasteiger partial charge is 0.388 e. The lowest BCUT2D eigenvalue weighted by Gasteiger charge is -2.11. The molecule has 5 heteroatoms. The molecule has 1 heterocycles. The molecule has 2 aromatic rings. The third kappa shape index (κ3) is 2.73. The highest BCUT2D eigenvalue weighted by molar-refractivity contribution is 9.10. The molecule has 0 fully saturated rings. The van der Waals surface area contributed by atoms with Gasteiger partial charge < -0.3 is 5.11 Å². The summed E-state index contributed by atoms with van der Waals surface area (Å²) in [5, 5.41) is 14.1. The zero-order valence-corrected chi connectivity index (χ0v) is 11.3. The van der Waals surface area contributed by atoms with Crippen LogP contribution in [0.15, 0.2) is 29.0 Å². The summed E-state index contributed by atoms with van der Waals surface area (Å²) in [7, 11) is 1.82. The molecule has 0 aliphatic heterocycles. The van der Waals surface area contributed by atoms with Gasteiger partial charge in [0.1, 0.15) is 12.2 Å². The fourth-order valence-electron chi connectivity index (χ4n) is 1.67. The molecular weight excluding hydrogens is 282 g/mol. The summed E-state index contributed by atoms with van der Waals surface area (Å²) >= 11 is 3.44. The molecule has 0 saturated carbocycles. The van der Waals surface area contributed by atoms with Gasteiger partial charge >= 0.3 is 0 Å². The van der Waals surface area contributed by atoms with E-state index in [1.807, 2.05) is 32.2 Å². The molecule has 1 atom stereocenters. The number of benzene rings is 1. The van der Waals surface area contributed by atoms with Gasteiger partial charge in [0.15, 0.2) is 0 Å². The Morgan fingerprint density at radius 2 is 2.24 bits per heavy atom. The maximum absolute atomic E-state index is 10.1. The number of aliphatic hydroxyl groups excluding tert-OH is 1. The van der Waals surface area contributed by atoms with Gasteiger partial charge in [-0.2, -0.15) is 5.10 Å². The maximum Gasteiger partial charge on any atom is 0.138 e. The molecule has 1 aromatic heterocycles. The van der Waals surface area contributed by atoms with Crippen LogP contribution >= 0.6 is 15.9 Å². The lowest BCUT2D eigenvalue weighted by Crippen LogP contribution is -2.07. The van der Waals surface area contributed by atoms with E-state index in [4.69, 9.17) is 0 Å². The van der Waals surface area contributed by atoms with Gasteiger partial charge in [-0.3, -0.25) is 4.68 Å². The van der Waals surface area contributed by atoms with Crippen LogP contribution in [0.2, 0.25) is 0 Å². The van der Waals surface area contributed by atoms with Crippen LogP contribution in [0.4, 0.5) is 0 Å². The van der Waals surface area contributed by atoms with Crippen molar-refractivity contribution in [2.24, 2.45) is 7.05 Å². The van der Waals surface area contributed by atoms with E-state index in [1.165, 1.54) is 6.33 Å². The number of hydrogen-bond donors (Lipinski definition) is 1. The van der Waals surface area contributed by atoms with Gasteiger partial charge in [0.05, 0.1) is 6.10 Å². The van der Waals surface area contributed by atoms with E-state index >= 15 is 0 Å². The van der Waals surface area contributed by atoms with Crippen molar-refractivity contribution >= 4 is 15.9 Å². The minimum absolute atomic E-state index is 0.470. The minimum atomic E-state index is -0.551. The fourth-order valence-corrected chi connectivity index (χ4v) is 1.92. The predicted octanol–water partition coefficient (Wildman–Crippen LogP) is 2.16. The molecule has 1 N–H and O–H groups in total. The summed E-state index contributed by atoms with van der Waals surface area (Å²) < 4.78 is 2.72. The van der Waals surface area contributed by atoms with E-state index < -0.39 is 6.10 Å². The normalized spacial score (nSPS) is 12.7. The Hall–Kier alpha value is -1.20. The monoisotopic (exact) mass is 295 g/mol. The van der Waals surface area contributed by atoms with Crippen molar-refractivity contribution in [3.8, 4) is 0 Å². The second kappa shape index (κ2) is 4.98. The minimum Gasteiger partial charge on any atom is -0.388 e. The van der Waals surface area contributed by atoms with E-state index in [9.17, 15) is 5.11 Å². The fraction of sp³-hybridized carbons (Fsp3) is 0.333. The highest BCUT2D eigenvalue weighted by atomic mass is 79.9. The quantitative estimate of drug-likeness (QED) is 0.944. The van der Waals surface area contributed by atoms with Gasteiger partial charge in [-0.15, -0.1) is 0 Å². The van der Waals surface area contributed by atoms with Gasteiger partial charge in [0, 0.05) is 17.9 Å². The number of nitrogens with zero attached hydrogens (tertiary/aromatic N) is 3. The van der Waals surface area contributed by atoms with E-state index in [0.29, 0.717) is 6.42 Å². The summed E-state index contributed by atoms with van der Waals surface area (Å²) in [6, 6.07) is 5.84. The number of aliphatic hydroxyl groups is 1. The number of aromatic nitrogens is 3. The molecule has 17 heavy (non-hydrogen) atoms. The SMILES string of the molecule is Cc1cc(C(O)Cc2ncnn2C)ccc1Br. The summed E-state index contributed by atoms with van der Waals surface area (Å²) in [6.45, 7) is 2.00. The summed E-state index contributed by atoms with van der Waals surface area (Å²) in [5.41, 5.74) is 2.01. The second-order valence-electron chi connectivity index (χ2n) is 4.03. The molecule has 4 nitrogen and oxygen atoms in total. The van der Waals surface area contributed by atoms with Gasteiger partial charge in [-0.25, -0.2) is 4.98 Å². The van der Waals surface area contributed by atoms with Gasteiger partial charge in [-0.05, 0) is 24.1 Å². The lowest BCUT2D eigenvalue weighted by atomic mass is 10.0. The highest BCUT2D eigenvalue weighted by Gasteiger charge is 2.12. The third-order valence-corrected chi connectivity index (χ3v) is 3.64. The smallest absolute Gasteiger partial charge is 0.138 e. The van der Waals surface area contributed by atoms with Crippen LogP contribution in [-0.2, 0) is 13.5 Å². The maximum atomic E-state index is 10.1.